The Morgan fingerprint density at radius 1 is 0.875 bits per heavy atom. The van der Waals surface area contributed by atoms with Gasteiger partial charge in [-0.15, -0.1) is 0 Å². The molecule has 0 aromatic rings. The number of ketones is 1. The van der Waals surface area contributed by atoms with Crippen LogP contribution in [0.5, 0.6) is 0 Å². The molecule has 0 radical (unpaired) electrons. The first-order chi connectivity index (χ1) is 11.7. The third kappa shape index (κ3) is 5.30. The summed E-state index contributed by atoms with van der Waals surface area (Å²) in [5.41, 5.74) is 0. The van der Waals surface area contributed by atoms with Crippen LogP contribution in [0.15, 0.2) is 0 Å². The number of Topliss-reactive ketones (excluding diaryl/α,β-unsaturated/α-hetero) is 1. The van der Waals surface area contributed by atoms with Gasteiger partial charge in [-0.05, 0) is 38.8 Å². The summed E-state index contributed by atoms with van der Waals surface area (Å²) >= 11 is 0. The normalized spacial score (nSPS) is 25.6. The summed E-state index contributed by atoms with van der Waals surface area (Å²) in [4.78, 5) is 27.7. The molecule has 0 spiro atoms. The first-order valence-electron chi connectivity index (χ1n) is 10.1. The number of hydrogen-bond acceptors (Lipinski definition) is 4. The maximum atomic E-state index is 12.9. The van der Waals surface area contributed by atoms with Gasteiger partial charge in [0, 0.05) is 18.4 Å². The minimum Gasteiger partial charge on any atom is -0.464 e. The molecule has 0 bridgehead atoms. The van der Waals surface area contributed by atoms with Gasteiger partial charge in [0.2, 0.25) is 0 Å². The molecule has 0 aromatic carbocycles. The van der Waals surface area contributed by atoms with Crippen LogP contribution in [0.4, 0.5) is 0 Å². The van der Waals surface area contributed by atoms with Gasteiger partial charge >= 0.3 is 5.97 Å². The smallest absolute Gasteiger partial charge is 0.309 e. The van der Waals surface area contributed by atoms with Crippen LogP contribution >= 0.6 is 0 Å². The Morgan fingerprint density at radius 3 is 2.08 bits per heavy atom. The van der Waals surface area contributed by atoms with E-state index >= 15 is 0 Å². The molecule has 0 N–H and O–H groups in total. The van der Waals surface area contributed by atoms with E-state index in [9.17, 15) is 9.59 Å². The zero-order valence-corrected chi connectivity index (χ0v) is 15.6. The summed E-state index contributed by atoms with van der Waals surface area (Å²) in [6.45, 7) is 7.41. The molecule has 4 nitrogen and oxygen atoms in total. The van der Waals surface area contributed by atoms with Crippen molar-refractivity contribution in [2.75, 3.05) is 26.2 Å². The van der Waals surface area contributed by atoms with E-state index in [2.05, 4.69) is 18.7 Å². The van der Waals surface area contributed by atoms with E-state index in [0.29, 0.717) is 12.4 Å². The van der Waals surface area contributed by atoms with E-state index in [1.54, 1.807) is 0 Å². The fraction of sp³-hybridized carbons (Fsp3) is 0.900. The Morgan fingerprint density at radius 2 is 1.46 bits per heavy atom. The van der Waals surface area contributed by atoms with Crippen molar-refractivity contribution in [3.63, 3.8) is 0 Å². The lowest BCUT2D eigenvalue weighted by molar-refractivity contribution is -0.155. The molecule has 0 unspecified atom stereocenters. The Bertz CT molecular complexity index is 400. The Kier molecular flexibility index (Phi) is 8.23. The van der Waals surface area contributed by atoms with Crippen LogP contribution in [0, 0.1) is 17.8 Å². The third-order valence-electron chi connectivity index (χ3n) is 5.99. The summed E-state index contributed by atoms with van der Waals surface area (Å²) in [5.74, 6) is 0.164. The molecule has 2 rings (SSSR count). The molecule has 0 amide bonds. The van der Waals surface area contributed by atoms with Crippen molar-refractivity contribution >= 4 is 11.8 Å². The van der Waals surface area contributed by atoms with Gasteiger partial charge in [0.25, 0.3) is 0 Å². The summed E-state index contributed by atoms with van der Waals surface area (Å²) in [6, 6.07) is 0. The first-order valence-corrected chi connectivity index (χ1v) is 10.1. The van der Waals surface area contributed by atoms with Crippen LogP contribution in [-0.4, -0.2) is 42.9 Å². The van der Waals surface area contributed by atoms with E-state index in [4.69, 9.17) is 4.74 Å². The summed E-state index contributed by atoms with van der Waals surface area (Å²) in [7, 11) is 0. The van der Waals surface area contributed by atoms with Crippen molar-refractivity contribution in [2.24, 2.45) is 17.8 Å². The molecule has 2 atom stereocenters. The van der Waals surface area contributed by atoms with Crippen molar-refractivity contribution < 1.29 is 14.3 Å². The standard InChI is InChI=1S/C20H35NO3/c1-3-21(4-2)14-15-24-20(23)18-13-9-8-12-17(18)19(22)16-10-6-5-7-11-16/h16-18H,3-15H2,1-2H3/t17-,18+/m1/s1. The lowest BCUT2D eigenvalue weighted by Crippen LogP contribution is -2.38. The van der Waals surface area contributed by atoms with E-state index in [-0.39, 0.29) is 23.7 Å². The van der Waals surface area contributed by atoms with Crippen molar-refractivity contribution in [2.45, 2.75) is 71.6 Å². The summed E-state index contributed by atoms with van der Waals surface area (Å²) in [5, 5.41) is 0. The number of carbonyl (C=O) groups excluding carboxylic acids is 2. The van der Waals surface area contributed by atoms with E-state index < -0.39 is 0 Å². The highest BCUT2D eigenvalue weighted by molar-refractivity contribution is 5.88. The average Bonchev–Trinajstić information content (AvgIpc) is 2.65. The number of likely N-dealkylation sites (N-methyl/N-ethyl adjacent to an activating group) is 1. The summed E-state index contributed by atoms with van der Waals surface area (Å²) in [6.07, 6.45) is 9.47. The molecule has 2 aliphatic rings. The highest BCUT2D eigenvalue weighted by atomic mass is 16.5. The molecule has 2 saturated carbocycles. The van der Waals surface area contributed by atoms with Gasteiger partial charge in [-0.3, -0.25) is 9.59 Å². The summed E-state index contributed by atoms with van der Waals surface area (Å²) < 4.78 is 5.55. The van der Waals surface area contributed by atoms with Crippen LogP contribution in [0.25, 0.3) is 0 Å². The van der Waals surface area contributed by atoms with Crippen LogP contribution in [0.2, 0.25) is 0 Å². The highest BCUT2D eigenvalue weighted by Crippen LogP contribution is 2.36. The fourth-order valence-corrected chi connectivity index (χ4v) is 4.37. The second-order valence-corrected chi connectivity index (χ2v) is 7.43. The van der Waals surface area contributed by atoms with Crippen molar-refractivity contribution in [3.05, 3.63) is 0 Å². The number of rotatable bonds is 8. The van der Waals surface area contributed by atoms with Crippen LogP contribution in [-0.2, 0) is 14.3 Å². The monoisotopic (exact) mass is 337 g/mol. The van der Waals surface area contributed by atoms with E-state index in [1.165, 1.54) is 19.3 Å². The molecule has 0 saturated heterocycles. The van der Waals surface area contributed by atoms with Gasteiger partial charge in [-0.1, -0.05) is 46.0 Å². The molecule has 0 aliphatic heterocycles. The average molecular weight is 338 g/mol. The molecule has 2 aliphatic carbocycles. The fourth-order valence-electron chi connectivity index (χ4n) is 4.37. The predicted octanol–water partition coefficient (Wildman–Crippen LogP) is 3.83. The van der Waals surface area contributed by atoms with Crippen molar-refractivity contribution in [1.29, 1.82) is 0 Å². The molecular formula is C20H35NO3. The molecule has 24 heavy (non-hydrogen) atoms. The number of hydrogen-bond donors (Lipinski definition) is 0. The van der Waals surface area contributed by atoms with Crippen LogP contribution < -0.4 is 0 Å². The van der Waals surface area contributed by atoms with Crippen LogP contribution in [0.3, 0.4) is 0 Å². The van der Waals surface area contributed by atoms with Gasteiger partial charge in [0.05, 0.1) is 5.92 Å². The van der Waals surface area contributed by atoms with Crippen LogP contribution in [0.1, 0.15) is 71.6 Å². The number of esters is 1. The van der Waals surface area contributed by atoms with Crippen molar-refractivity contribution in [3.8, 4) is 0 Å². The molecule has 0 aromatic heterocycles. The number of nitrogens with zero attached hydrogens (tertiary/aromatic N) is 1. The van der Waals surface area contributed by atoms with E-state index in [0.717, 1.165) is 58.2 Å². The van der Waals surface area contributed by atoms with Gasteiger partial charge in [0.15, 0.2) is 0 Å². The number of carbonyl (C=O) groups is 2. The SMILES string of the molecule is CCN(CC)CCOC(=O)[C@H]1CCCC[C@H]1C(=O)C1CCCCC1. The highest BCUT2D eigenvalue weighted by Gasteiger charge is 2.39. The molecule has 0 heterocycles. The lowest BCUT2D eigenvalue weighted by atomic mass is 9.71. The zero-order valence-electron chi connectivity index (χ0n) is 15.6. The minimum absolute atomic E-state index is 0.0807. The maximum absolute atomic E-state index is 12.9. The largest absolute Gasteiger partial charge is 0.464 e. The molecular weight excluding hydrogens is 302 g/mol. The second-order valence-electron chi connectivity index (χ2n) is 7.43. The Hall–Kier alpha value is -0.900. The first kappa shape index (κ1) is 19.4. The number of ether oxygens (including phenoxy) is 1. The lowest BCUT2D eigenvalue weighted by Gasteiger charge is -2.32. The van der Waals surface area contributed by atoms with Gasteiger partial charge < -0.3 is 9.64 Å². The van der Waals surface area contributed by atoms with Crippen molar-refractivity contribution in [1.82, 2.24) is 4.90 Å². The molecule has 4 heteroatoms. The Labute approximate surface area is 147 Å². The molecule has 138 valence electrons. The Balaban J connectivity index is 1.87. The predicted molar refractivity (Wildman–Crippen MR) is 95.8 cm³/mol. The zero-order chi connectivity index (χ0) is 17.4. The topological polar surface area (TPSA) is 46.6 Å². The third-order valence-corrected chi connectivity index (χ3v) is 5.99. The van der Waals surface area contributed by atoms with Gasteiger partial charge in [0.1, 0.15) is 12.4 Å². The van der Waals surface area contributed by atoms with Gasteiger partial charge in [-0.25, -0.2) is 0 Å². The quantitative estimate of drug-likeness (QED) is 0.632. The molecule has 2 fully saturated rings. The minimum atomic E-state index is -0.190. The maximum Gasteiger partial charge on any atom is 0.309 e. The van der Waals surface area contributed by atoms with E-state index in [1.807, 2.05) is 0 Å². The second kappa shape index (κ2) is 10.2. The van der Waals surface area contributed by atoms with Gasteiger partial charge in [-0.2, -0.15) is 0 Å².